The SMILES string of the molecule is CCC(CC)(OC(=O)N1CCCCC1)C1CCCCC1. The Labute approximate surface area is 124 Å². The summed E-state index contributed by atoms with van der Waals surface area (Å²) in [6.07, 6.45) is 11.8. The van der Waals surface area contributed by atoms with E-state index in [9.17, 15) is 4.79 Å². The molecule has 0 N–H and O–H groups in total. The molecule has 3 heteroatoms. The highest BCUT2D eigenvalue weighted by Crippen LogP contribution is 2.40. The molecule has 0 aromatic carbocycles. The van der Waals surface area contributed by atoms with Gasteiger partial charge in [-0.15, -0.1) is 0 Å². The van der Waals surface area contributed by atoms with Crippen molar-refractivity contribution < 1.29 is 9.53 Å². The number of ether oxygens (including phenoxy) is 1. The monoisotopic (exact) mass is 281 g/mol. The highest BCUT2D eigenvalue weighted by Gasteiger charge is 2.40. The van der Waals surface area contributed by atoms with Gasteiger partial charge in [0.2, 0.25) is 0 Å². The first-order chi connectivity index (χ1) is 9.72. The van der Waals surface area contributed by atoms with E-state index in [1.807, 2.05) is 4.90 Å². The summed E-state index contributed by atoms with van der Waals surface area (Å²) in [5.41, 5.74) is -0.213. The van der Waals surface area contributed by atoms with E-state index >= 15 is 0 Å². The maximum absolute atomic E-state index is 12.5. The summed E-state index contributed by atoms with van der Waals surface area (Å²) in [4.78, 5) is 14.4. The molecule has 2 aliphatic rings. The molecule has 1 aliphatic carbocycles. The number of likely N-dealkylation sites (tertiary alicyclic amines) is 1. The molecular formula is C17H31NO2. The van der Waals surface area contributed by atoms with Gasteiger partial charge in [-0.1, -0.05) is 33.1 Å². The minimum atomic E-state index is -0.213. The topological polar surface area (TPSA) is 29.5 Å². The maximum atomic E-state index is 12.5. The van der Waals surface area contributed by atoms with Gasteiger partial charge in [0.25, 0.3) is 0 Å². The number of carbonyl (C=O) groups is 1. The van der Waals surface area contributed by atoms with Gasteiger partial charge in [0.1, 0.15) is 5.60 Å². The number of carbonyl (C=O) groups excluding carboxylic acids is 1. The van der Waals surface area contributed by atoms with E-state index in [2.05, 4.69) is 13.8 Å². The highest BCUT2D eigenvalue weighted by molar-refractivity contribution is 5.68. The van der Waals surface area contributed by atoms with Crippen LogP contribution in [0.2, 0.25) is 0 Å². The van der Waals surface area contributed by atoms with Gasteiger partial charge in [0.05, 0.1) is 0 Å². The Morgan fingerprint density at radius 3 is 2.10 bits per heavy atom. The lowest BCUT2D eigenvalue weighted by molar-refractivity contribution is -0.0666. The molecule has 0 bridgehead atoms. The van der Waals surface area contributed by atoms with Crippen LogP contribution in [0.15, 0.2) is 0 Å². The molecule has 2 fully saturated rings. The summed E-state index contributed by atoms with van der Waals surface area (Å²) in [6.45, 7) is 6.13. The van der Waals surface area contributed by atoms with Crippen molar-refractivity contribution in [1.82, 2.24) is 4.90 Å². The van der Waals surface area contributed by atoms with E-state index in [1.54, 1.807) is 0 Å². The summed E-state index contributed by atoms with van der Waals surface area (Å²) in [5, 5.41) is 0. The van der Waals surface area contributed by atoms with E-state index in [1.165, 1.54) is 38.5 Å². The van der Waals surface area contributed by atoms with Crippen molar-refractivity contribution in [3.8, 4) is 0 Å². The minimum Gasteiger partial charge on any atom is -0.443 e. The number of nitrogens with zero attached hydrogens (tertiary/aromatic N) is 1. The summed E-state index contributed by atoms with van der Waals surface area (Å²) in [6, 6.07) is 0. The fourth-order valence-electron chi connectivity index (χ4n) is 4.00. The Kier molecular flexibility index (Phi) is 5.74. The van der Waals surface area contributed by atoms with Crippen LogP contribution in [0.25, 0.3) is 0 Å². The molecule has 1 saturated heterocycles. The Bertz CT molecular complexity index is 300. The molecule has 0 radical (unpaired) electrons. The molecule has 2 rings (SSSR count). The van der Waals surface area contributed by atoms with Gasteiger partial charge in [0.15, 0.2) is 0 Å². The molecule has 1 amide bonds. The summed E-state index contributed by atoms with van der Waals surface area (Å²) >= 11 is 0. The van der Waals surface area contributed by atoms with Gasteiger partial charge >= 0.3 is 6.09 Å². The van der Waals surface area contributed by atoms with E-state index in [-0.39, 0.29) is 11.7 Å². The van der Waals surface area contributed by atoms with Crippen molar-refractivity contribution in [3.63, 3.8) is 0 Å². The van der Waals surface area contributed by atoms with Crippen LogP contribution >= 0.6 is 0 Å². The molecule has 1 aliphatic heterocycles. The van der Waals surface area contributed by atoms with Crippen LogP contribution < -0.4 is 0 Å². The second kappa shape index (κ2) is 7.33. The van der Waals surface area contributed by atoms with Gasteiger partial charge in [-0.05, 0) is 50.9 Å². The van der Waals surface area contributed by atoms with Crippen LogP contribution in [0, 0.1) is 5.92 Å². The van der Waals surface area contributed by atoms with E-state index in [0.717, 1.165) is 38.8 Å². The molecule has 116 valence electrons. The quantitative estimate of drug-likeness (QED) is 0.744. The molecule has 0 aromatic rings. The third-order valence-electron chi connectivity index (χ3n) is 5.45. The fourth-order valence-corrected chi connectivity index (χ4v) is 4.00. The minimum absolute atomic E-state index is 0.0565. The predicted molar refractivity (Wildman–Crippen MR) is 81.8 cm³/mol. The zero-order valence-electron chi connectivity index (χ0n) is 13.3. The number of amides is 1. The Morgan fingerprint density at radius 1 is 1.00 bits per heavy atom. The molecule has 0 unspecified atom stereocenters. The molecule has 3 nitrogen and oxygen atoms in total. The van der Waals surface area contributed by atoms with Crippen molar-refractivity contribution >= 4 is 6.09 Å². The first-order valence-corrected chi connectivity index (χ1v) is 8.69. The van der Waals surface area contributed by atoms with Crippen molar-refractivity contribution in [2.24, 2.45) is 5.92 Å². The van der Waals surface area contributed by atoms with Gasteiger partial charge in [-0.25, -0.2) is 4.79 Å². The zero-order chi connectivity index (χ0) is 14.4. The van der Waals surface area contributed by atoms with Gasteiger partial charge in [-0.2, -0.15) is 0 Å². The molecule has 20 heavy (non-hydrogen) atoms. The first kappa shape index (κ1) is 15.7. The van der Waals surface area contributed by atoms with Crippen LogP contribution in [0.5, 0.6) is 0 Å². The molecule has 0 atom stereocenters. The number of hydrogen-bond donors (Lipinski definition) is 0. The highest BCUT2D eigenvalue weighted by atomic mass is 16.6. The number of rotatable bonds is 4. The maximum Gasteiger partial charge on any atom is 0.410 e. The summed E-state index contributed by atoms with van der Waals surface area (Å²) in [5.74, 6) is 0.569. The molecule has 1 heterocycles. The second-order valence-electron chi connectivity index (χ2n) is 6.52. The smallest absolute Gasteiger partial charge is 0.410 e. The van der Waals surface area contributed by atoms with Crippen molar-refractivity contribution in [1.29, 1.82) is 0 Å². The van der Waals surface area contributed by atoms with Crippen molar-refractivity contribution in [2.75, 3.05) is 13.1 Å². The predicted octanol–water partition coefficient (Wildman–Crippen LogP) is 4.75. The van der Waals surface area contributed by atoms with Gasteiger partial charge in [0, 0.05) is 13.1 Å². The third kappa shape index (κ3) is 3.48. The Morgan fingerprint density at radius 2 is 1.55 bits per heavy atom. The van der Waals surface area contributed by atoms with Gasteiger partial charge < -0.3 is 9.64 Å². The van der Waals surface area contributed by atoms with Crippen LogP contribution in [-0.2, 0) is 4.74 Å². The zero-order valence-corrected chi connectivity index (χ0v) is 13.3. The lowest BCUT2D eigenvalue weighted by Gasteiger charge is -2.42. The number of piperidine rings is 1. The lowest BCUT2D eigenvalue weighted by Crippen LogP contribution is -2.47. The van der Waals surface area contributed by atoms with Crippen molar-refractivity contribution in [3.05, 3.63) is 0 Å². The first-order valence-electron chi connectivity index (χ1n) is 8.69. The largest absolute Gasteiger partial charge is 0.443 e. The molecule has 0 spiro atoms. The third-order valence-corrected chi connectivity index (χ3v) is 5.45. The Hall–Kier alpha value is -0.730. The van der Waals surface area contributed by atoms with E-state index < -0.39 is 0 Å². The molecule has 1 saturated carbocycles. The van der Waals surface area contributed by atoms with Crippen LogP contribution in [0.3, 0.4) is 0 Å². The standard InChI is InChI=1S/C17H31NO2/c1-3-17(4-2,15-11-7-5-8-12-15)20-16(19)18-13-9-6-10-14-18/h15H,3-14H2,1-2H3. The average Bonchev–Trinajstić information content (AvgIpc) is 2.54. The Balaban J connectivity index is 2.01. The average molecular weight is 281 g/mol. The van der Waals surface area contributed by atoms with Crippen LogP contribution in [0.4, 0.5) is 4.79 Å². The van der Waals surface area contributed by atoms with Crippen molar-refractivity contribution in [2.45, 2.75) is 83.7 Å². The summed E-state index contributed by atoms with van der Waals surface area (Å²) < 4.78 is 6.10. The van der Waals surface area contributed by atoms with Gasteiger partial charge in [-0.3, -0.25) is 0 Å². The van der Waals surface area contributed by atoms with Crippen LogP contribution in [0.1, 0.15) is 78.1 Å². The lowest BCUT2D eigenvalue weighted by atomic mass is 9.74. The molecule has 0 aromatic heterocycles. The fraction of sp³-hybridized carbons (Fsp3) is 0.941. The second-order valence-corrected chi connectivity index (χ2v) is 6.52. The van der Waals surface area contributed by atoms with E-state index in [4.69, 9.17) is 4.74 Å². The van der Waals surface area contributed by atoms with E-state index in [0.29, 0.717) is 5.92 Å². The normalized spacial score (nSPS) is 21.8. The number of hydrogen-bond acceptors (Lipinski definition) is 2. The summed E-state index contributed by atoms with van der Waals surface area (Å²) in [7, 11) is 0. The molecular weight excluding hydrogens is 250 g/mol. The van der Waals surface area contributed by atoms with Crippen LogP contribution in [-0.4, -0.2) is 29.7 Å².